The first-order valence-corrected chi connectivity index (χ1v) is 8.88. The summed E-state index contributed by atoms with van der Waals surface area (Å²) in [6.45, 7) is 1.98. The van der Waals surface area contributed by atoms with Crippen LogP contribution in [0.3, 0.4) is 0 Å². The molecule has 0 saturated heterocycles. The molecule has 1 aliphatic heterocycles. The molecule has 0 radical (unpaired) electrons. The number of anilines is 1. The van der Waals surface area contributed by atoms with Crippen molar-refractivity contribution in [2.24, 2.45) is 5.92 Å². The van der Waals surface area contributed by atoms with Crippen LogP contribution in [0.25, 0.3) is 0 Å². The molecule has 1 heterocycles. The second kappa shape index (κ2) is 6.23. The van der Waals surface area contributed by atoms with Crippen LogP contribution in [0.5, 0.6) is 0 Å². The monoisotopic (exact) mass is 353 g/mol. The molecule has 4 heteroatoms. The van der Waals surface area contributed by atoms with Crippen LogP contribution in [0.2, 0.25) is 5.02 Å². The van der Waals surface area contributed by atoms with Gasteiger partial charge in [0.1, 0.15) is 0 Å². The van der Waals surface area contributed by atoms with Crippen molar-refractivity contribution in [2.45, 2.75) is 25.3 Å². The van der Waals surface area contributed by atoms with Crippen molar-refractivity contribution < 1.29 is 9.53 Å². The van der Waals surface area contributed by atoms with Crippen molar-refractivity contribution in [1.29, 1.82) is 0 Å². The maximum atomic E-state index is 12.1. The summed E-state index contributed by atoms with van der Waals surface area (Å²) in [5.41, 5.74) is 5.02. The van der Waals surface area contributed by atoms with E-state index in [-0.39, 0.29) is 12.0 Å². The van der Waals surface area contributed by atoms with Gasteiger partial charge in [0.05, 0.1) is 18.7 Å². The summed E-state index contributed by atoms with van der Waals surface area (Å²) in [5.74, 6) is 0.505. The number of hydrogen-bond acceptors (Lipinski definition) is 3. The number of nitrogens with one attached hydrogen (secondary N) is 1. The van der Waals surface area contributed by atoms with Crippen LogP contribution in [0.15, 0.2) is 48.6 Å². The van der Waals surface area contributed by atoms with Gasteiger partial charge < -0.3 is 10.1 Å². The Morgan fingerprint density at radius 2 is 2.12 bits per heavy atom. The number of halogens is 1. The highest BCUT2D eigenvalue weighted by Crippen LogP contribution is 2.51. The first-order valence-electron chi connectivity index (χ1n) is 8.50. The minimum atomic E-state index is -0.300. The van der Waals surface area contributed by atoms with E-state index in [1.54, 1.807) is 0 Å². The number of benzene rings is 2. The molecule has 1 aliphatic carbocycles. The van der Waals surface area contributed by atoms with Gasteiger partial charge in [0, 0.05) is 16.6 Å². The van der Waals surface area contributed by atoms with Crippen LogP contribution < -0.4 is 5.32 Å². The van der Waals surface area contributed by atoms with E-state index in [1.807, 2.05) is 31.2 Å². The summed E-state index contributed by atoms with van der Waals surface area (Å²) in [5, 5.41) is 4.44. The Morgan fingerprint density at radius 1 is 1.28 bits per heavy atom. The molecule has 1 N–H and O–H groups in total. The first-order chi connectivity index (χ1) is 12.1. The van der Waals surface area contributed by atoms with Crippen molar-refractivity contribution >= 4 is 23.3 Å². The van der Waals surface area contributed by atoms with Crippen LogP contribution in [0.1, 0.15) is 45.4 Å². The smallest absolute Gasteiger partial charge is 0.338 e. The fourth-order valence-corrected chi connectivity index (χ4v) is 4.37. The lowest BCUT2D eigenvalue weighted by Crippen LogP contribution is -2.30. The van der Waals surface area contributed by atoms with Crippen molar-refractivity contribution in [3.8, 4) is 0 Å². The van der Waals surface area contributed by atoms with Gasteiger partial charge in [-0.1, -0.05) is 42.0 Å². The molecule has 0 saturated carbocycles. The largest absolute Gasteiger partial charge is 0.465 e. The first kappa shape index (κ1) is 16.2. The summed E-state index contributed by atoms with van der Waals surface area (Å²) in [7, 11) is 1.42. The molecule has 0 fully saturated rings. The second-order valence-corrected chi connectivity index (χ2v) is 7.16. The number of fused-ring (bicyclic) bond motifs is 3. The number of esters is 1. The molecule has 2 aromatic carbocycles. The molecule has 0 unspecified atom stereocenters. The number of carbonyl (C=O) groups excluding carboxylic acids is 1. The number of hydrogen-bond donors (Lipinski definition) is 1. The van der Waals surface area contributed by atoms with Gasteiger partial charge in [-0.05, 0) is 54.2 Å². The quantitative estimate of drug-likeness (QED) is 0.591. The van der Waals surface area contributed by atoms with Crippen molar-refractivity contribution in [1.82, 2.24) is 0 Å². The van der Waals surface area contributed by atoms with Crippen LogP contribution in [0, 0.1) is 12.8 Å². The zero-order valence-corrected chi connectivity index (χ0v) is 15.0. The van der Waals surface area contributed by atoms with Gasteiger partial charge in [0.15, 0.2) is 0 Å². The number of ether oxygens (including phenoxy) is 1. The molecular formula is C21H20ClNO2. The average Bonchev–Trinajstić information content (AvgIpc) is 3.11. The molecule has 0 aromatic heterocycles. The second-order valence-electron chi connectivity index (χ2n) is 6.72. The summed E-state index contributed by atoms with van der Waals surface area (Å²) < 4.78 is 4.92. The van der Waals surface area contributed by atoms with Gasteiger partial charge in [-0.3, -0.25) is 0 Å². The molecule has 0 amide bonds. The van der Waals surface area contributed by atoms with Gasteiger partial charge in [0.25, 0.3) is 0 Å². The lowest BCUT2D eigenvalue weighted by atomic mass is 9.76. The van der Waals surface area contributed by atoms with Gasteiger partial charge in [-0.2, -0.15) is 0 Å². The molecule has 0 spiro atoms. The third kappa shape index (κ3) is 2.63. The van der Waals surface area contributed by atoms with E-state index in [0.717, 1.165) is 22.7 Å². The predicted octanol–water partition coefficient (Wildman–Crippen LogP) is 5.26. The molecular weight excluding hydrogens is 334 g/mol. The Morgan fingerprint density at radius 3 is 2.88 bits per heavy atom. The maximum absolute atomic E-state index is 12.1. The lowest BCUT2D eigenvalue weighted by Gasteiger charge is -2.38. The van der Waals surface area contributed by atoms with Crippen LogP contribution >= 0.6 is 11.6 Å². The van der Waals surface area contributed by atoms with E-state index in [9.17, 15) is 4.79 Å². The normalized spacial score (nSPS) is 23.6. The Balaban J connectivity index is 1.83. The zero-order chi connectivity index (χ0) is 17.6. The lowest BCUT2D eigenvalue weighted by molar-refractivity contribution is 0.0600. The zero-order valence-electron chi connectivity index (χ0n) is 14.3. The van der Waals surface area contributed by atoms with Gasteiger partial charge in [0.2, 0.25) is 0 Å². The maximum Gasteiger partial charge on any atom is 0.338 e. The summed E-state index contributed by atoms with van der Waals surface area (Å²) in [6.07, 6.45) is 5.58. The Kier molecular flexibility index (Phi) is 4.04. The third-order valence-corrected chi connectivity index (χ3v) is 5.65. The van der Waals surface area contributed by atoms with Crippen molar-refractivity contribution in [3.63, 3.8) is 0 Å². The molecule has 3 nitrogen and oxygen atoms in total. The highest BCUT2D eigenvalue weighted by molar-refractivity contribution is 6.30. The molecule has 2 aliphatic rings. The minimum Gasteiger partial charge on any atom is -0.465 e. The number of methoxy groups -OCH3 is 1. The predicted molar refractivity (Wildman–Crippen MR) is 100 cm³/mol. The number of carbonyl (C=O) groups is 1. The van der Waals surface area contributed by atoms with Crippen LogP contribution in [-0.4, -0.2) is 13.1 Å². The van der Waals surface area contributed by atoms with E-state index >= 15 is 0 Å². The van der Waals surface area contributed by atoms with Gasteiger partial charge in [-0.15, -0.1) is 0 Å². The van der Waals surface area contributed by atoms with E-state index in [2.05, 4.69) is 29.6 Å². The topological polar surface area (TPSA) is 38.3 Å². The Labute approximate surface area is 152 Å². The molecule has 128 valence electrons. The van der Waals surface area contributed by atoms with Crippen molar-refractivity contribution in [3.05, 3.63) is 75.8 Å². The SMILES string of the molecule is COC(=O)c1ccc2c(c1C)N[C@H](c1cccc(Cl)c1)[C@@H]1CC=C[C@H]21. The molecule has 0 bridgehead atoms. The number of rotatable bonds is 2. The highest BCUT2D eigenvalue weighted by atomic mass is 35.5. The van der Waals surface area contributed by atoms with E-state index in [1.165, 1.54) is 18.2 Å². The summed E-state index contributed by atoms with van der Waals surface area (Å²) in [4.78, 5) is 12.1. The minimum absolute atomic E-state index is 0.165. The van der Waals surface area contributed by atoms with Crippen molar-refractivity contribution in [2.75, 3.05) is 12.4 Å². The van der Waals surface area contributed by atoms with Gasteiger partial charge in [-0.25, -0.2) is 4.79 Å². The molecule has 4 rings (SSSR count). The standard InChI is InChI=1S/C21H20ClNO2/c1-12-15(21(24)25-2)9-10-18-16-7-4-8-17(16)20(23-19(12)18)13-5-3-6-14(22)11-13/h3-7,9-11,16-17,20,23H,8H2,1-2H3/t16-,17+,20+/m0/s1. The fraction of sp³-hybridized carbons (Fsp3) is 0.286. The molecule has 25 heavy (non-hydrogen) atoms. The summed E-state index contributed by atoms with van der Waals surface area (Å²) in [6, 6.07) is 12.1. The van der Waals surface area contributed by atoms with Gasteiger partial charge >= 0.3 is 5.97 Å². The van der Waals surface area contributed by atoms with E-state index < -0.39 is 0 Å². The highest BCUT2D eigenvalue weighted by Gasteiger charge is 2.39. The number of allylic oxidation sites excluding steroid dienone is 2. The molecule has 2 aromatic rings. The Hall–Kier alpha value is -2.26. The van der Waals surface area contributed by atoms with E-state index in [4.69, 9.17) is 16.3 Å². The third-order valence-electron chi connectivity index (χ3n) is 5.41. The van der Waals surface area contributed by atoms with Crippen LogP contribution in [-0.2, 0) is 4.74 Å². The average molecular weight is 354 g/mol. The van der Waals surface area contributed by atoms with E-state index in [0.29, 0.717) is 17.4 Å². The molecule has 3 atom stereocenters. The summed E-state index contributed by atoms with van der Waals surface area (Å²) >= 11 is 6.22. The Bertz CT molecular complexity index is 874. The fourth-order valence-electron chi connectivity index (χ4n) is 4.18. The van der Waals surface area contributed by atoms with Crippen LogP contribution in [0.4, 0.5) is 5.69 Å².